The summed E-state index contributed by atoms with van der Waals surface area (Å²) >= 11 is 0. The number of hydrogen-bond donors (Lipinski definition) is 1. The highest BCUT2D eigenvalue weighted by Gasteiger charge is 2.06. The van der Waals surface area contributed by atoms with Gasteiger partial charge < -0.3 is 5.73 Å². The number of halogens is 1. The summed E-state index contributed by atoms with van der Waals surface area (Å²) in [5.41, 5.74) is 7.94. The van der Waals surface area contributed by atoms with Crippen LogP contribution in [-0.2, 0) is 0 Å². The molecule has 16 heavy (non-hydrogen) atoms. The Labute approximate surface area is 95.7 Å². The number of benzene rings is 1. The van der Waals surface area contributed by atoms with Crippen LogP contribution in [0.15, 0.2) is 29.4 Å². The topological polar surface area (TPSA) is 38.4 Å². The second-order valence-electron chi connectivity index (χ2n) is 3.94. The highest BCUT2D eigenvalue weighted by Crippen LogP contribution is 2.21. The predicted octanol–water partition coefficient (Wildman–Crippen LogP) is 2.95. The van der Waals surface area contributed by atoms with E-state index in [0.717, 1.165) is 16.7 Å². The predicted molar refractivity (Wildman–Crippen MR) is 67.1 cm³/mol. The summed E-state index contributed by atoms with van der Waals surface area (Å²) < 4.78 is 13.4. The van der Waals surface area contributed by atoms with Crippen molar-refractivity contribution in [1.82, 2.24) is 0 Å². The Morgan fingerprint density at radius 1 is 1.38 bits per heavy atom. The summed E-state index contributed by atoms with van der Waals surface area (Å²) in [6, 6.07) is 4.95. The van der Waals surface area contributed by atoms with Crippen LogP contribution in [0.4, 0.5) is 4.39 Å². The van der Waals surface area contributed by atoms with Gasteiger partial charge in [0, 0.05) is 25.0 Å². The van der Waals surface area contributed by atoms with E-state index in [1.165, 1.54) is 12.3 Å². The van der Waals surface area contributed by atoms with Gasteiger partial charge in [-0.1, -0.05) is 19.9 Å². The summed E-state index contributed by atoms with van der Waals surface area (Å²) in [5.74, 6) is 0.0390. The second-order valence-corrected chi connectivity index (χ2v) is 3.94. The minimum Gasteiger partial charge on any atom is -0.404 e. The minimum absolute atomic E-state index is 0.245. The van der Waals surface area contributed by atoms with E-state index in [4.69, 9.17) is 5.73 Å². The number of nitrogens with zero attached hydrogens (tertiary/aromatic N) is 1. The van der Waals surface area contributed by atoms with E-state index in [2.05, 4.69) is 4.99 Å². The standard InChI is InChI=1S/C13H17FN2/c1-9(2)10-4-11(6-13(14)5-10)12(7-15)8-16-3/h4-9H,15H2,1-3H3. The number of allylic oxidation sites excluding steroid dienone is 1. The number of aliphatic imine (C=N–C) groups is 1. The molecule has 1 aromatic rings. The zero-order valence-electron chi connectivity index (χ0n) is 9.87. The van der Waals surface area contributed by atoms with Gasteiger partial charge in [-0.3, -0.25) is 4.99 Å². The molecule has 0 fully saturated rings. The quantitative estimate of drug-likeness (QED) is 0.781. The molecule has 0 aliphatic heterocycles. The summed E-state index contributed by atoms with van der Waals surface area (Å²) in [5, 5.41) is 0. The highest BCUT2D eigenvalue weighted by molar-refractivity contribution is 6.09. The third-order valence-electron chi connectivity index (χ3n) is 2.37. The Kier molecular flexibility index (Phi) is 4.23. The second kappa shape index (κ2) is 5.45. The highest BCUT2D eigenvalue weighted by atomic mass is 19.1. The van der Waals surface area contributed by atoms with Crippen molar-refractivity contribution in [1.29, 1.82) is 0 Å². The smallest absolute Gasteiger partial charge is 0.124 e. The fourth-order valence-electron chi connectivity index (χ4n) is 1.47. The summed E-state index contributed by atoms with van der Waals surface area (Å²) in [6.07, 6.45) is 3.06. The van der Waals surface area contributed by atoms with Gasteiger partial charge >= 0.3 is 0 Å². The third kappa shape index (κ3) is 2.92. The molecule has 0 radical (unpaired) electrons. The molecule has 86 valence electrons. The lowest BCUT2D eigenvalue weighted by Crippen LogP contribution is -1.96. The first-order valence-electron chi connectivity index (χ1n) is 5.23. The Morgan fingerprint density at radius 2 is 2.06 bits per heavy atom. The lowest BCUT2D eigenvalue weighted by molar-refractivity contribution is 0.623. The molecule has 1 aromatic carbocycles. The van der Waals surface area contributed by atoms with E-state index in [9.17, 15) is 4.39 Å². The Hall–Kier alpha value is -1.64. The maximum atomic E-state index is 13.4. The van der Waals surface area contributed by atoms with Gasteiger partial charge in [-0.05, 0) is 29.2 Å². The SMILES string of the molecule is CN=CC(=CN)c1cc(F)cc(C(C)C)c1. The molecule has 1 rings (SSSR count). The molecular formula is C13H17FN2. The van der Waals surface area contributed by atoms with Crippen molar-refractivity contribution in [3.05, 3.63) is 41.3 Å². The zero-order chi connectivity index (χ0) is 12.1. The molecule has 0 unspecified atom stereocenters. The van der Waals surface area contributed by atoms with Crippen molar-refractivity contribution in [2.45, 2.75) is 19.8 Å². The number of nitrogens with two attached hydrogens (primary N) is 1. The van der Waals surface area contributed by atoms with Gasteiger partial charge in [0.25, 0.3) is 0 Å². The Bertz CT molecular complexity index is 420. The molecule has 0 amide bonds. The maximum absolute atomic E-state index is 13.4. The van der Waals surface area contributed by atoms with Crippen molar-refractivity contribution < 1.29 is 4.39 Å². The molecular weight excluding hydrogens is 203 g/mol. The summed E-state index contributed by atoms with van der Waals surface area (Å²) in [4.78, 5) is 3.89. The average Bonchev–Trinajstić information content (AvgIpc) is 2.24. The van der Waals surface area contributed by atoms with E-state index in [0.29, 0.717) is 0 Å². The molecule has 2 N–H and O–H groups in total. The monoisotopic (exact) mass is 220 g/mol. The van der Waals surface area contributed by atoms with Crippen molar-refractivity contribution in [2.24, 2.45) is 10.7 Å². The van der Waals surface area contributed by atoms with Crippen LogP contribution in [0.5, 0.6) is 0 Å². The first kappa shape index (κ1) is 12.4. The molecule has 0 aromatic heterocycles. The van der Waals surface area contributed by atoms with E-state index in [-0.39, 0.29) is 11.7 Å². The van der Waals surface area contributed by atoms with Crippen LogP contribution in [-0.4, -0.2) is 13.3 Å². The van der Waals surface area contributed by atoms with Gasteiger partial charge in [-0.2, -0.15) is 0 Å². The fraction of sp³-hybridized carbons (Fsp3) is 0.308. The van der Waals surface area contributed by atoms with Gasteiger partial charge in [0.05, 0.1) is 0 Å². The van der Waals surface area contributed by atoms with Crippen molar-refractivity contribution >= 4 is 11.8 Å². The van der Waals surface area contributed by atoms with Crippen LogP contribution in [0.25, 0.3) is 5.57 Å². The minimum atomic E-state index is -0.245. The molecule has 0 aliphatic carbocycles. The maximum Gasteiger partial charge on any atom is 0.124 e. The summed E-state index contributed by atoms with van der Waals surface area (Å²) in [6.45, 7) is 4.05. The molecule has 0 saturated carbocycles. The first-order chi connectivity index (χ1) is 7.58. The van der Waals surface area contributed by atoms with Gasteiger partial charge in [0.15, 0.2) is 0 Å². The van der Waals surface area contributed by atoms with Crippen LogP contribution in [0.2, 0.25) is 0 Å². The third-order valence-corrected chi connectivity index (χ3v) is 2.37. The van der Waals surface area contributed by atoms with E-state index >= 15 is 0 Å². The molecule has 3 heteroatoms. The van der Waals surface area contributed by atoms with E-state index < -0.39 is 0 Å². The Balaban J connectivity index is 3.23. The molecule has 0 heterocycles. The number of rotatable bonds is 3. The molecule has 0 aliphatic rings. The lowest BCUT2D eigenvalue weighted by atomic mass is 9.98. The van der Waals surface area contributed by atoms with E-state index in [1.54, 1.807) is 19.3 Å². The molecule has 0 atom stereocenters. The lowest BCUT2D eigenvalue weighted by Gasteiger charge is -2.09. The van der Waals surface area contributed by atoms with Crippen LogP contribution in [0, 0.1) is 5.82 Å². The van der Waals surface area contributed by atoms with Crippen molar-refractivity contribution in [3.8, 4) is 0 Å². The van der Waals surface area contributed by atoms with Gasteiger partial charge in [-0.15, -0.1) is 0 Å². The molecule has 0 saturated heterocycles. The zero-order valence-corrected chi connectivity index (χ0v) is 9.87. The molecule has 2 nitrogen and oxygen atoms in total. The van der Waals surface area contributed by atoms with Crippen LogP contribution >= 0.6 is 0 Å². The molecule has 0 spiro atoms. The summed E-state index contributed by atoms with van der Waals surface area (Å²) in [7, 11) is 1.66. The van der Waals surface area contributed by atoms with Gasteiger partial charge in [-0.25, -0.2) is 4.39 Å². The first-order valence-corrected chi connectivity index (χ1v) is 5.23. The average molecular weight is 220 g/mol. The normalized spacial score (nSPS) is 12.7. The van der Waals surface area contributed by atoms with Gasteiger partial charge in [0.1, 0.15) is 5.82 Å². The number of hydrogen-bond acceptors (Lipinski definition) is 2. The molecule has 0 bridgehead atoms. The van der Waals surface area contributed by atoms with Crippen LogP contribution in [0.3, 0.4) is 0 Å². The van der Waals surface area contributed by atoms with E-state index in [1.807, 2.05) is 19.9 Å². The fourth-order valence-corrected chi connectivity index (χ4v) is 1.47. The van der Waals surface area contributed by atoms with Crippen molar-refractivity contribution in [3.63, 3.8) is 0 Å². The Morgan fingerprint density at radius 3 is 2.56 bits per heavy atom. The van der Waals surface area contributed by atoms with Crippen LogP contribution < -0.4 is 5.73 Å². The van der Waals surface area contributed by atoms with Crippen LogP contribution in [0.1, 0.15) is 30.9 Å². The largest absolute Gasteiger partial charge is 0.404 e. The van der Waals surface area contributed by atoms with Gasteiger partial charge in [0.2, 0.25) is 0 Å². The van der Waals surface area contributed by atoms with Crippen molar-refractivity contribution in [2.75, 3.05) is 7.05 Å².